The first-order valence-corrected chi connectivity index (χ1v) is 40.9. The second kappa shape index (κ2) is 62.1. The molecule has 0 aromatic rings. The van der Waals surface area contributed by atoms with E-state index in [1.165, 1.54) is 200 Å². The van der Waals surface area contributed by atoms with Gasteiger partial charge in [0, 0.05) is 75.9 Å². The number of ketones is 1. The van der Waals surface area contributed by atoms with Gasteiger partial charge in [0.2, 0.25) is 0 Å². The van der Waals surface area contributed by atoms with Gasteiger partial charge in [0.05, 0.1) is 32.5 Å². The first-order chi connectivity index (χ1) is 46.3. The molecule has 0 heterocycles. The molecular formula is C84H156N4O7. The minimum Gasteiger partial charge on any atom is -0.464 e. The summed E-state index contributed by atoms with van der Waals surface area (Å²) in [6, 6.07) is -1.11. The number of hydrogen-bond donors (Lipinski definition) is 3. The molecule has 3 N–H and O–H groups in total. The summed E-state index contributed by atoms with van der Waals surface area (Å²) in [7, 11) is 0. The van der Waals surface area contributed by atoms with Crippen molar-refractivity contribution >= 4 is 17.7 Å². The number of carbonyl (C=O) groups excluding carboxylic acids is 3. The molecule has 2 rings (SSSR count). The van der Waals surface area contributed by atoms with Gasteiger partial charge < -0.3 is 29.9 Å². The van der Waals surface area contributed by atoms with Crippen LogP contribution in [0.5, 0.6) is 0 Å². The average Bonchev–Trinajstić information content (AvgIpc) is 0.886. The van der Waals surface area contributed by atoms with Crippen LogP contribution in [-0.4, -0.2) is 120 Å². The molecule has 2 saturated carbocycles. The van der Waals surface area contributed by atoms with E-state index in [9.17, 15) is 24.6 Å². The predicted octanol–water partition coefficient (Wildman–Crippen LogP) is 20.9. The third kappa shape index (κ3) is 44.7. The summed E-state index contributed by atoms with van der Waals surface area (Å²) in [5.41, 5.74) is 0.769. The number of carbonyl (C=O) groups is 3. The smallest absolute Gasteiger partial charge is 0.323 e. The quantitative estimate of drug-likeness (QED) is 0.0233. The molecule has 95 heavy (non-hydrogen) atoms. The summed E-state index contributed by atoms with van der Waals surface area (Å²) in [6.07, 6.45) is 52.8. The zero-order valence-electron chi connectivity index (χ0n) is 64.4. The van der Waals surface area contributed by atoms with Gasteiger partial charge in [0.25, 0.3) is 0 Å². The number of unbranched alkanes of at least 4 members (excludes halogenated alkanes) is 21. The van der Waals surface area contributed by atoms with Crippen molar-refractivity contribution in [1.29, 1.82) is 0 Å². The molecule has 0 aliphatic heterocycles. The maximum absolute atomic E-state index is 14.3. The van der Waals surface area contributed by atoms with Gasteiger partial charge in [-0.15, -0.1) is 23.7 Å². The van der Waals surface area contributed by atoms with Crippen LogP contribution >= 0.6 is 0 Å². The van der Waals surface area contributed by atoms with E-state index >= 15 is 0 Å². The Morgan fingerprint density at radius 3 is 1.48 bits per heavy atom. The van der Waals surface area contributed by atoms with E-state index in [1.54, 1.807) is 4.90 Å². The van der Waals surface area contributed by atoms with Crippen LogP contribution in [0.25, 0.3) is 0 Å². The van der Waals surface area contributed by atoms with Crippen molar-refractivity contribution in [3.63, 3.8) is 0 Å². The van der Waals surface area contributed by atoms with Gasteiger partial charge in [-0.25, -0.2) is 0 Å². The molecule has 11 heteroatoms. The Morgan fingerprint density at radius 1 is 0.495 bits per heavy atom. The summed E-state index contributed by atoms with van der Waals surface area (Å²) in [5.74, 6) is 16.3. The molecule has 10 unspecified atom stereocenters. The van der Waals surface area contributed by atoms with Crippen molar-refractivity contribution in [2.24, 2.45) is 35.5 Å². The van der Waals surface area contributed by atoms with E-state index < -0.39 is 24.8 Å². The maximum atomic E-state index is 14.3. The third-order valence-electron chi connectivity index (χ3n) is 21.3. The van der Waals surface area contributed by atoms with Crippen LogP contribution < -0.4 is 5.32 Å². The van der Waals surface area contributed by atoms with Crippen LogP contribution in [0, 0.1) is 59.2 Å². The fraction of sp³-hybridized carbons (Fsp3) is 0.893. The molecule has 0 radical (unpaired) electrons. The molecule has 0 amide bonds. The minimum absolute atomic E-state index is 0.0465. The molecule has 0 aromatic carbocycles. The van der Waals surface area contributed by atoms with Crippen molar-refractivity contribution < 1.29 is 34.1 Å². The number of hydrogen-bond acceptors (Lipinski definition) is 11. The lowest BCUT2D eigenvalue weighted by molar-refractivity contribution is -0.155. The lowest BCUT2D eigenvalue weighted by atomic mass is 9.72. The van der Waals surface area contributed by atoms with Crippen molar-refractivity contribution in [2.75, 3.05) is 52.8 Å². The van der Waals surface area contributed by atoms with E-state index in [4.69, 9.17) is 9.47 Å². The number of likely N-dealkylation sites (N-methyl/N-ethyl adjacent to an activating group) is 1. The highest BCUT2D eigenvalue weighted by atomic mass is 16.5. The Kier molecular flexibility index (Phi) is 58.9. The second-order valence-electron chi connectivity index (χ2n) is 29.5. The molecule has 0 spiro atoms. The van der Waals surface area contributed by atoms with Crippen LogP contribution in [0.1, 0.15) is 372 Å². The Morgan fingerprint density at radius 2 is 0.968 bits per heavy atom. The first kappa shape index (κ1) is 90.1. The molecular weight excluding hydrogens is 1180 g/mol. The van der Waals surface area contributed by atoms with Gasteiger partial charge >= 0.3 is 11.9 Å². The van der Waals surface area contributed by atoms with Crippen LogP contribution in [-0.2, 0) is 23.9 Å². The number of nitrogens with one attached hydrogen (secondary N) is 1. The molecule has 554 valence electrons. The Balaban J connectivity index is 0.00000216. The highest BCUT2D eigenvalue weighted by Gasteiger charge is 2.36. The zero-order chi connectivity index (χ0) is 69.9. The lowest BCUT2D eigenvalue weighted by Crippen LogP contribution is -2.50. The SMILES string of the molecule is C=C(NC1CCC(CCCC)C(CCC)C1)C(CC(=O)OC1CCC(CCCC)C(CCCCCCCC)C1)N(CO)CCN(CC)CCN(CO)C(CC(C)=O)C(=O)OCC(CC#CCCCCCC)CCCCCC.CCCCCCC#CCC(CC)CCCCCC. The van der Waals surface area contributed by atoms with Crippen LogP contribution in [0.3, 0.4) is 0 Å². The maximum Gasteiger partial charge on any atom is 0.323 e. The second-order valence-corrected chi connectivity index (χ2v) is 29.5. The van der Waals surface area contributed by atoms with E-state index in [0.29, 0.717) is 56.9 Å². The molecule has 2 aliphatic rings. The fourth-order valence-corrected chi connectivity index (χ4v) is 14.9. The highest BCUT2D eigenvalue weighted by molar-refractivity contribution is 5.85. The Bertz CT molecular complexity index is 1980. The molecule has 11 nitrogen and oxygen atoms in total. The van der Waals surface area contributed by atoms with Crippen molar-refractivity contribution in [2.45, 2.75) is 396 Å². The molecule has 2 aliphatic carbocycles. The Hall–Kier alpha value is -2.93. The van der Waals surface area contributed by atoms with Gasteiger partial charge in [-0.2, -0.15) is 0 Å². The lowest BCUT2D eigenvalue weighted by Gasteiger charge is -2.40. The van der Waals surface area contributed by atoms with E-state index in [0.717, 1.165) is 101 Å². The van der Waals surface area contributed by atoms with Crippen molar-refractivity contribution in [3.05, 3.63) is 12.3 Å². The number of aliphatic hydroxyl groups is 2. The molecule has 10 atom stereocenters. The van der Waals surface area contributed by atoms with Gasteiger partial charge in [-0.3, -0.25) is 24.2 Å². The van der Waals surface area contributed by atoms with Crippen molar-refractivity contribution in [1.82, 2.24) is 20.0 Å². The van der Waals surface area contributed by atoms with Crippen LogP contribution in [0.4, 0.5) is 0 Å². The monoisotopic (exact) mass is 1330 g/mol. The normalized spacial score (nSPS) is 19.2. The van der Waals surface area contributed by atoms with Crippen molar-refractivity contribution in [3.8, 4) is 23.7 Å². The largest absolute Gasteiger partial charge is 0.464 e. The highest BCUT2D eigenvalue weighted by Crippen LogP contribution is 2.40. The first-order valence-electron chi connectivity index (χ1n) is 40.9. The molecule has 0 bridgehead atoms. The van der Waals surface area contributed by atoms with Gasteiger partial charge in [-0.1, -0.05) is 268 Å². The number of esters is 2. The minimum atomic E-state index is -0.906. The number of aliphatic hydroxyl groups excluding tert-OH is 2. The number of Topliss-reactive ketones (excluding diaryl/α,β-unsaturated/α-hetero) is 1. The number of rotatable bonds is 58. The molecule has 0 aromatic heterocycles. The fourth-order valence-electron chi connectivity index (χ4n) is 14.9. The van der Waals surface area contributed by atoms with Crippen LogP contribution in [0.15, 0.2) is 12.3 Å². The van der Waals surface area contributed by atoms with E-state index in [2.05, 4.69) is 110 Å². The van der Waals surface area contributed by atoms with E-state index in [1.807, 2.05) is 4.90 Å². The van der Waals surface area contributed by atoms with Gasteiger partial charge in [-0.05, 0) is 107 Å². The number of nitrogens with zero attached hydrogens (tertiary/aromatic N) is 3. The predicted molar refractivity (Wildman–Crippen MR) is 405 cm³/mol. The molecule has 0 saturated heterocycles. The topological polar surface area (TPSA) is 132 Å². The third-order valence-corrected chi connectivity index (χ3v) is 21.3. The number of ether oxygens (including phenoxy) is 2. The summed E-state index contributed by atoms with van der Waals surface area (Å²) in [4.78, 5) is 46.7. The summed E-state index contributed by atoms with van der Waals surface area (Å²) >= 11 is 0. The molecule has 2 fully saturated rings. The standard InChI is InChI=1S/C66H122N4O7.C18H34/c1-10-17-22-25-27-28-31-35-56(34-30-24-19-12-3)51-76-66(75)64(47-54(8)73)70(53-72)46-44-68(16-7)43-45-69(52-71)63(55(9)67-61-41-39-57(36-20-13-4)59(48-61)33-15-6)50-65(74)77-62-42-40-58(37-21-14-5)60(49-62)38-32-29-26-23-18-11-2;1-4-7-9-11-12-13-15-17-18(6-3)16-14-10-8-5-2/h56-64,67,71-72H,9-27,29-30,32-53H2,1-8H3;18H,4-12,14,16-17H2,1-3H3. The summed E-state index contributed by atoms with van der Waals surface area (Å²) in [6.45, 7) is 30.8. The van der Waals surface area contributed by atoms with Gasteiger partial charge in [0.15, 0.2) is 0 Å². The van der Waals surface area contributed by atoms with Gasteiger partial charge in [0.1, 0.15) is 17.9 Å². The Labute approximate surface area is 588 Å². The van der Waals surface area contributed by atoms with Crippen LogP contribution in [0.2, 0.25) is 0 Å². The van der Waals surface area contributed by atoms with E-state index in [-0.39, 0.29) is 56.0 Å². The summed E-state index contributed by atoms with van der Waals surface area (Å²) in [5, 5.41) is 25.8. The average molecular weight is 1330 g/mol. The summed E-state index contributed by atoms with van der Waals surface area (Å²) < 4.78 is 12.5. The zero-order valence-corrected chi connectivity index (χ0v) is 64.4.